The molecule has 1 aliphatic carbocycles. The Morgan fingerprint density at radius 1 is 1.53 bits per heavy atom. The van der Waals surface area contributed by atoms with Crippen LogP contribution < -0.4 is 5.32 Å². The van der Waals surface area contributed by atoms with Crippen molar-refractivity contribution in [3.05, 3.63) is 0 Å². The molecule has 15 heavy (non-hydrogen) atoms. The van der Waals surface area contributed by atoms with Crippen molar-refractivity contribution in [1.82, 2.24) is 5.32 Å². The first-order valence-corrected chi connectivity index (χ1v) is 5.62. The van der Waals surface area contributed by atoms with E-state index in [9.17, 15) is 9.90 Å². The molecule has 1 saturated carbocycles. The largest absolute Gasteiger partial charge is 0.391 e. The first kappa shape index (κ1) is 12.5. The molecule has 0 aromatic carbocycles. The van der Waals surface area contributed by atoms with Crippen LogP contribution in [0.1, 0.15) is 32.6 Å². The average Bonchev–Trinajstić information content (AvgIpc) is 2.21. The van der Waals surface area contributed by atoms with Crippen LogP contribution in [0.4, 0.5) is 0 Å². The van der Waals surface area contributed by atoms with Crippen molar-refractivity contribution in [1.29, 1.82) is 0 Å². The average molecular weight is 215 g/mol. The standard InChI is InChI=1S/C11H21NO3/c1-8(7-15-2)11(14)12-9-5-3-4-6-10(9)13/h8-10,13H,3-7H2,1-2H3,(H,12,14). The smallest absolute Gasteiger partial charge is 0.225 e. The first-order valence-electron chi connectivity index (χ1n) is 5.62. The summed E-state index contributed by atoms with van der Waals surface area (Å²) in [4.78, 5) is 11.6. The van der Waals surface area contributed by atoms with E-state index in [0.29, 0.717) is 6.61 Å². The number of carbonyl (C=O) groups is 1. The fraction of sp³-hybridized carbons (Fsp3) is 0.909. The van der Waals surface area contributed by atoms with Crippen LogP contribution in [0.15, 0.2) is 0 Å². The summed E-state index contributed by atoms with van der Waals surface area (Å²) in [5.41, 5.74) is 0. The van der Waals surface area contributed by atoms with E-state index >= 15 is 0 Å². The van der Waals surface area contributed by atoms with Crippen LogP contribution in [-0.2, 0) is 9.53 Å². The highest BCUT2D eigenvalue weighted by Gasteiger charge is 2.25. The maximum Gasteiger partial charge on any atom is 0.225 e. The molecule has 0 bridgehead atoms. The monoisotopic (exact) mass is 215 g/mol. The molecule has 88 valence electrons. The molecule has 3 atom stereocenters. The summed E-state index contributed by atoms with van der Waals surface area (Å²) >= 11 is 0. The molecule has 2 N–H and O–H groups in total. The minimum atomic E-state index is -0.377. The van der Waals surface area contributed by atoms with Gasteiger partial charge >= 0.3 is 0 Å². The molecule has 4 heteroatoms. The second-order valence-electron chi connectivity index (χ2n) is 4.32. The minimum Gasteiger partial charge on any atom is -0.391 e. The van der Waals surface area contributed by atoms with Gasteiger partial charge in [0, 0.05) is 7.11 Å². The lowest BCUT2D eigenvalue weighted by molar-refractivity contribution is -0.128. The quantitative estimate of drug-likeness (QED) is 0.725. The van der Waals surface area contributed by atoms with Gasteiger partial charge in [0.25, 0.3) is 0 Å². The third kappa shape index (κ3) is 3.80. The van der Waals surface area contributed by atoms with Gasteiger partial charge in [-0.1, -0.05) is 19.8 Å². The number of rotatable bonds is 4. The van der Waals surface area contributed by atoms with Gasteiger partial charge in [-0.25, -0.2) is 0 Å². The number of hydrogen-bond donors (Lipinski definition) is 2. The van der Waals surface area contributed by atoms with Crippen LogP contribution in [0, 0.1) is 5.92 Å². The summed E-state index contributed by atoms with van der Waals surface area (Å²) in [6.45, 7) is 2.25. The number of aliphatic hydroxyl groups is 1. The van der Waals surface area contributed by atoms with E-state index in [-0.39, 0.29) is 24.0 Å². The molecule has 1 fully saturated rings. The summed E-state index contributed by atoms with van der Waals surface area (Å²) in [6, 6.07) is -0.0643. The van der Waals surface area contributed by atoms with Crippen molar-refractivity contribution < 1.29 is 14.6 Å². The molecule has 1 rings (SSSR count). The number of methoxy groups -OCH3 is 1. The van der Waals surface area contributed by atoms with E-state index in [4.69, 9.17) is 4.74 Å². The fourth-order valence-corrected chi connectivity index (χ4v) is 1.93. The number of hydrogen-bond acceptors (Lipinski definition) is 3. The number of carbonyl (C=O) groups excluding carboxylic acids is 1. The Labute approximate surface area is 91.0 Å². The van der Waals surface area contributed by atoms with Crippen LogP contribution in [0.5, 0.6) is 0 Å². The number of amides is 1. The highest BCUT2D eigenvalue weighted by atomic mass is 16.5. The lowest BCUT2D eigenvalue weighted by atomic mass is 9.92. The van der Waals surface area contributed by atoms with E-state index in [1.165, 1.54) is 0 Å². The second kappa shape index (κ2) is 6.08. The van der Waals surface area contributed by atoms with Crippen LogP contribution in [0.3, 0.4) is 0 Å². The van der Waals surface area contributed by atoms with Gasteiger partial charge < -0.3 is 15.2 Å². The zero-order valence-corrected chi connectivity index (χ0v) is 9.53. The fourth-order valence-electron chi connectivity index (χ4n) is 1.93. The SMILES string of the molecule is COCC(C)C(=O)NC1CCCCC1O. The highest BCUT2D eigenvalue weighted by molar-refractivity contribution is 5.78. The first-order chi connectivity index (χ1) is 7.15. The Hall–Kier alpha value is -0.610. The van der Waals surface area contributed by atoms with Gasteiger partial charge in [0.2, 0.25) is 5.91 Å². The summed E-state index contributed by atoms with van der Waals surface area (Å²) in [5, 5.41) is 12.6. The van der Waals surface area contributed by atoms with E-state index in [1.54, 1.807) is 7.11 Å². The molecule has 3 unspecified atom stereocenters. The number of aliphatic hydroxyl groups excluding tert-OH is 1. The van der Waals surface area contributed by atoms with Crippen molar-refractivity contribution in [2.24, 2.45) is 5.92 Å². The van der Waals surface area contributed by atoms with E-state index in [2.05, 4.69) is 5.32 Å². The van der Waals surface area contributed by atoms with Gasteiger partial charge in [0.15, 0.2) is 0 Å². The van der Waals surface area contributed by atoms with Gasteiger partial charge in [0.05, 0.1) is 24.7 Å². The Bertz CT molecular complexity index is 208. The summed E-state index contributed by atoms with van der Waals surface area (Å²) < 4.78 is 4.92. The lowest BCUT2D eigenvalue weighted by Gasteiger charge is -2.29. The van der Waals surface area contributed by atoms with E-state index in [0.717, 1.165) is 25.7 Å². The van der Waals surface area contributed by atoms with Crippen molar-refractivity contribution in [3.8, 4) is 0 Å². The van der Waals surface area contributed by atoms with E-state index < -0.39 is 0 Å². The molecule has 4 nitrogen and oxygen atoms in total. The van der Waals surface area contributed by atoms with Gasteiger partial charge in [-0.05, 0) is 12.8 Å². The Balaban J connectivity index is 2.35. The number of nitrogens with one attached hydrogen (secondary N) is 1. The molecule has 0 spiro atoms. The third-order valence-corrected chi connectivity index (χ3v) is 2.92. The van der Waals surface area contributed by atoms with Gasteiger partial charge in [-0.2, -0.15) is 0 Å². The Kier molecular flexibility index (Phi) is 5.05. The number of ether oxygens (including phenoxy) is 1. The topological polar surface area (TPSA) is 58.6 Å². The molecule has 0 heterocycles. The van der Waals surface area contributed by atoms with Gasteiger partial charge in [-0.3, -0.25) is 4.79 Å². The van der Waals surface area contributed by atoms with Crippen LogP contribution >= 0.6 is 0 Å². The van der Waals surface area contributed by atoms with Gasteiger partial charge in [0.1, 0.15) is 0 Å². The van der Waals surface area contributed by atoms with Crippen LogP contribution in [0.2, 0.25) is 0 Å². The molecule has 0 aliphatic heterocycles. The zero-order chi connectivity index (χ0) is 11.3. The molecule has 1 aliphatic rings. The predicted octanol–water partition coefficient (Wildman–Crippen LogP) is 0.689. The molecule has 0 aromatic rings. The molecule has 1 amide bonds. The highest BCUT2D eigenvalue weighted by Crippen LogP contribution is 2.18. The van der Waals surface area contributed by atoms with Crippen molar-refractivity contribution in [2.45, 2.75) is 44.8 Å². The summed E-state index contributed by atoms with van der Waals surface area (Å²) in [6.07, 6.45) is 3.44. The summed E-state index contributed by atoms with van der Waals surface area (Å²) in [5.74, 6) is -0.174. The Morgan fingerprint density at radius 2 is 2.20 bits per heavy atom. The van der Waals surface area contributed by atoms with Crippen molar-refractivity contribution in [3.63, 3.8) is 0 Å². The van der Waals surface area contributed by atoms with E-state index in [1.807, 2.05) is 6.92 Å². The maximum absolute atomic E-state index is 11.6. The summed E-state index contributed by atoms with van der Waals surface area (Å²) in [7, 11) is 1.58. The lowest BCUT2D eigenvalue weighted by Crippen LogP contribution is -2.47. The van der Waals surface area contributed by atoms with Crippen molar-refractivity contribution >= 4 is 5.91 Å². The molecule has 0 aromatic heterocycles. The zero-order valence-electron chi connectivity index (χ0n) is 9.53. The molecular formula is C11H21NO3. The molecular weight excluding hydrogens is 194 g/mol. The normalized spacial score (nSPS) is 28.5. The second-order valence-corrected chi connectivity index (χ2v) is 4.32. The third-order valence-electron chi connectivity index (χ3n) is 2.92. The van der Waals surface area contributed by atoms with Crippen molar-refractivity contribution in [2.75, 3.05) is 13.7 Å². The van der Waals surface area contributed by atoms with Crippen LogP contribution in [-0.4, -0.2) is 36.9 Å². The predicted molar refractivity (Wildman–Crippen MR) is 57.4 cm³/mol. The molecule has 0 radical (unpaired) electrons. The maximum atomic E-state index is 11.6. The van der Waals surface area contributed by atoms with Crippen LogP contribution in [0.25, 0.3) is 0 Å². The minimum absolute atomic E-state index is 0.0252. The van der Waals surface area contributed by atoms with Gasteiger partial charge in [-0.15, -0.1) is 0 Å². The molecule has 0 saturated heterocycles. The Morgan fingerprint density at radius 3 is 2.80 bits per heavy atom.